The van der Waals surface area contributed by atoms with Gasteiger partial charge in [-0.15, -0.1) is 0 Å². The minimum absolute atomic E-state index is 0.0840. The van der Waals surface area contributed by atoms with E-state index >= 15 is 0 Å². The summed E-state index contributed by atoms with van der Waals surface area (Å²) in [4.78, 5) is 9.21. The van der Waals surface area contributed by atoms with Crippen LogP contribution in [0.15, 0.2) is 59.7 Å². The van der Waals surface area contributed by atoms with Crippen LogP contribution in [0.25, 0.3) is 11.1 Å². The number of hydrogen-bond donors (Lipinski definition) is 1. The molecule has 7 heteroatoms. The van der Waals surface area contributed by atoms with Gasteiger partial charge < -0.3 is 19.9 Å². The largest absolute Gasteiger partial charge is 0.462 e. The average molecular weight is 441 g/mol. The van der Waals surface area contributed by atoms with E-state index in [1.54, 1.807) is 30.5 Å². The molecule has 1 spiro atoms. The van der Waals surface area contributed by atoms with Crippen LogP contribution < -0.4 is 10.5 Å². The molecular formula is C26H20FN3O3. The lowest BCUT2D eigenvalue weighted by atomic mass is 9.81. The third kappa shape index (κ3) is 3.14. The van der Waals surface area contributed by atoms with E-state index in [1.807, 2.05) is 18.2 Å². The summed E-state index contributed by atoms with van der Waals surface area (Å²) in [7, 11) is 0. The number of fused-ring (bicyclic) bond motifs is 4. The van der Waals surface area contributed by atoms with E-state index in [9.17, 15) is 4.39 Å². The summed E-state index contributed by atoms with van der Waals surface area (Å²) in [6.45, 7) is 3.49. The molecule has 0 radical (unpaired) electrons. The smallest absolute Gasteiger partial charge is 0.283 e. The minimum Gasteiger partial charge on any atom is -0.462 e. The molecule has 0 amide bonds. The maximum Gasteiger partial charge on any atom is 0.283 e. The second kappa shape index (κ2) is 7.06. The summed E-state index contributed by atoms with van der Waals surface area (Å²) in [5.74, 6) is 7.18. The number of amidine groups is 1. The van der Waals surface area contributed by atoms with Gasteiger partial charge in [0.15, 0.2) is 5.54 Å². The van der Waals surface area contributed by atoms with Crippen molar-refractivity contribution in [1.82, 2.24) is 4.98 Å². The second-order valence-electron chi connectivity index (χ2n) is 8.77. The molecule has 0 unspecified atom stereocenters. The third-order valence-electron chi connectivity index (χ3n) is 6.19. The first-order valence-corrected chi connectivity index (χ1v) is 10.6. The molecule has 0 aliphatic carbocycles. The van der Waals surface area contributed by atoms with Gasteiger partial charge in [-0.3, -0.25) is 0 Å². The lowest BCUT2D eigenvalue weighted by Gasteiger charge is -2.33. The molecule has 2 aromatic carbocycles. The Hall–Kier alpha value is -3.89. The highest BCUT2D eigenvalue weighted by Crippen LogP contribution is 2.51. The van der Waals surface area contributed by atoms with Crippen molar-refractivity contribution < 1.29 is 18.6 Å². The molecule has 2 N–H and O–H groups in total. The lowest BCUT2D eigenvalue weighted by Crippen LogP contribution is -2.38. The molecule has 3 aliphatic rings. The van der Waals surface area contributed by atoms with E-state index in [1.165, 1.54) is 6.07 Å². The maximum atomic E-state index is 14.5. The lowest BCUT2D eigenvalue weighted by molar-refractivity contribution is -0.0648. The Morgan fingerprint density at radius 3 is 2.64 bits per heavy atom. The van der Waals surface area contributed by atoms with Crippen LogP contribution in [0.1, 0.15) is 23.6 Å². The fraction of sp³-hybridized carbons (Fsp3) is 0.231. The van der Waals surface area contributed by atoms with Crippen molar-refractivity contribution in [3.8, 4) is 34.6 Å². The quantitative estimate of drug-likeness (QED) is 0.578. The number of ether oxygens (including phenoxy) is 3. The monoisotopic (exact) mass is 441 g/mol. The van der Waals surface area contributed by atoms with Gasteiger partial charge >= 0.3 is 0 Å². The van der Waals surface area contributed by atoms with E-state index in [-0.39, 0.29) is 23.9 Å². The topological polar surface area (TPSA) is 79.0 Å². The summed E-state index contributed by atoms with van der Waals surface area (Å²) in [5, 5.41) is 0. The Bertz CT molecular complexity index is 1390. The fourth-order valence-electron chi connectivity index (χ4n) is 4.36. The molecule has 1 atom stereocenters. The highest BCUT2D eigenvalue weighted by atomic mass is 19.1. The molecule has 3 aliphatic heterocycles. The molecule has 1 aromatic heterocycles. The van der Waals surface area contributed by atoms with Gasteiger partial charge in [-0.05, 0) is 36.8 Å². The SMILES string of the molecule is CC1(C#Cc2cnc3c(c2)[C@]2(COC(N)=N2)c2cc(-c4ccccc4F)ccc2O3)COC1. The number of nitrogens with zero attached hydrogens (tertiary/aromatic N) is 2. The molecule has 3 aromatic rings. The summed E-state index contributed by atoms with van der Waals surface area (Å²) < 4.78 is 31.5. The first-order chi connectivity index (χ1) is 16.0. The van der Waals surface area contributed by atoms with E-state index in [2.05, 4.69) is 28.7 Å². The molecule has 164 valence electrons. The van der Waals surface area contributed by atoms with Crippen molar-refractivity contribution in [1.29, 1.82) is 0 Å². The van der Waals surface area contributed by atoms with Crippen LogP contribution in [0.2, 0.25) is 0 Å². The van der Waals surface area contributed by atoms with Gasteiger partial charge in [0.1, 0.15) is 18.2 Å². The van der Waals surface area contributed by atoms with Gasteiger partial charge in [-0.2, -0.15) is 0 Å². The average Bonchev–Trinajstić information content (AvgIpc) is 3.19. The number of benzene rings is 2. The van der Waals surface area contributed by atoms with E-state index in [4.69, 9.17) is 19.9 Å². The number of pyridine rings is 1. The first kappa shape index (κ1) is 19.8. The van der Waals surface area contributed by atoms with Crippen molar-refractivity contribution in [3.63, 3.8) is 0 Å². The van der Waals surface area contributed by atoms with E-state index in [0.717, 1.165) is 11.1 Å². The summed E-state index contributed by atoms with van der Waals surface area (Å²) in [5.41, 5.74) is 8.25. The van der Waals surface area contributed by atoms with Crippen molar-refractivity contribution in [3.05, 3.63) is 77.2 Å². The number of hydrogen-bond acceptors (Lipinski definition) is 6. The van der Waals surface area contributed by atoms with Crippen LogP contribution in [0.3, 0.4) is 0 Å². The molecule has 6 rings (SSSR count). The zero-order valence-corrected chi connectivity index (χ0v) is 17.9. The second-order valence-corrected chi connectivity index (χ2v) is 8.77. The normalized spacial score (nSPS) is 21.5. The van der Waals surface area contributed by atoms with Crippen molar-refractivity contribution in [2.45, 2.75) is 12.5 Å². The highest BCUT2D eigenvalue weighted by molar-refractivity contribution is 5.77. The predicted molar refractivity (Wildman–Crippen MR) is 120 cm³/mol. The summed E-state index contributed by atoms with van der Waals surface area (Å²) in [6.07, 6.45) is 1.68. The van der Waals surface area contributed by atoms with Gasteiger partial charge in [-0.25, -0.2) is 14.4 Å². The third-order valence-corrected chi connectivity index (χ3v) is 6.19. The Morgan fingerprint density at radius 1 is 1.06 bits per heavy atom. The Balaban J connectivity index is 1.50. The van der Waals surface area contributed by atoms with Crippen molar-refractivity contribution >= 4 is 6.02 Å². The van der Waals surface area contributed by atoms with Crippen LogP contribution >= 0.6 is 0 Å². The molecule has 0 saturated carbocycles. The number of rotatable bonds is 1. The van der Waals surface area contributed by atoms with Crippen molar-refractivity contribution in [2.24, 2.45) is 16.1 Å². The number of halogens is 1. The number of aromatic nitrogens is 1. The van der Waals surface area contributed by atoms with Gasteiger partial charge in [0.05, 0.1) is 24.2 Å². The molecule has 4 heterocycles. The fourth-order valence-corrected chi connectivity index (χ4v) is 4.36. The van der Waals surface area contributed by atoms with Gasteiger partial charge in [0, 0.05) is 22.9 Å². The Morgan fingerprint density at radius 2 is 1.91 bits per heavy atom. The standard InChI is InChI=1S/C26H20FN3O3/c1-25(13-31-14-25)9-8-16-10-20-23(29-12-16)33-22-7-6-17(18-4-2-3-5-21(18)27)11-19(22)26(20)15-32-24(28)30-26/h2-7,10-12H,13-15H2,1H3,(H2,28,30)/t26-/m0/s1. The Kier molecular flexibility index (Phi) is 4.23. The number of nitrogens with two attached hydrogens (primary N) is 1. The van der Waals surface area contributed by atoms with Crippen LogP contribution in [0.4, 0.5) is 4.39 Å². The summed E-state index contributed by atoms with van der Waals surface area (Å²) in [6, 6.07) is 14.2. The summed E-state index contributed by atoms with van der Waals surface area (Å²) >= 11 is 0. The van der Waals surface area contributed by atoms with Crippen LogP contribution in [-0.4, -0.2) is 30.8 Å². The zero-order chi connectivity index (χ0) is 22.6. The highest BCUT2D eigenvalue weighted by Gasteiger charge is 2.48. The molecular weight excluding hydrogens is 421 g/mol. The van der Waals surface area contributed by atoms with Crippen molar-refractivity contribution in [2.75, 3.05) is 19.8 Å². The van der Waals surface area contributed by atoms with Crippen LogP contribution in [-0.2, 0) is 15.0 Å². The van der Waals surface area contributed by atoms with Crippen LogP contribution in [0, 0.1) is 23.1 Å². The first-order valence-electron chi connectivity index (χ1n) is 10.6. The molecule has 33 heavy (non-hydrogen) atoms. The van der Waals surface area contributed by atoms with Gasteiger partial charge in [0.25, 0.3) is 6.02 Å². The zero-order valence-electron chi connectivity index (χ0n) is 17.9. The Labute approximate surface area is 190 Å². The minimum atomic E-state index is -0.956. The van der Waals surface area contributed by atoms with Gasteiger partial charge in [-0.1, -0.05) is 36.1 Å². The maximum absolute atomic E-state index is 14.5. The molecule has 6 nitrogen and oxygen atoms in total. The van der Waals surface area contributed by atoms with E-state index < -0.39 is 5.54 Å². The molecule has 1 saturated heterocycles. The van der Waals surface area contributed by atoms with Gasteiger partial charge in [0.2, 0.25) is 5.88 Å². The predicted octanol–water partition coefficient (Wildman–Crippen LogP) is 3.97. The van der Waals surface area contributed by atoms with Crippen LogP contribution in [0.5, 0.6) is 11.6 Å². The molecule has 1 fully saturated rings. The number of aliphatic imine (C=N–C) groups is 1. The molecule has 0 bridgehead atoms. The van der Waals surface area contributed by atoms with E-state index in [0.29, 0.717) is 41.5 Å².